The van der Waals surface area contributed by atoms with Crippen molar-refractivity contribution in [3.63, 3.8) is 0 Å². The maximum atomic E-state index is 15.4. The molecule has 0 saturated carbocycles. The average Bonchev–Trinajstić information content (AvgIpc) is 4.14. The average molecular weight is 1060 g/mol. The van der Waals surface area contributed by atoms with Crippen molar-refractivity contribution in [1.29, 1.82) is 0 Å². The van der Waals surface area contributed by atoms with Crippen molar-refractivity contribution in [2.24, 2.45) is 0 Å². The maximum Gasteiger partial charge on any atom is 0.268 e. The molecule has 4 aromatic heterocycles. The van der Waals surface area contributed by atoms with Gasteiger partial charge in [-0.3, -0.25) is 4.57 Å². The van der Waals surface area contributed by atoms with Gasteiger partial charge < -0.3 is 18.3 Å². The van der Waals surface area contributed by atoms with Crippen LogP contribution in [0.25, 0.3) is 94.2 Å². The zero-order valence-corrected chi connectivity index (χ0v) is 38.5. The first-order chi connectivity index (χ1) is 36.3. The van der Waals surface area contributed by atoms with Crippen LogP contribution in [0.1, 0.15) is 45.6 Å². The third-order valence-electron chi connectivity index (χ3n) is 11.9. The molecule has 0 aliphatic rings. The van der Waals surface area contributed by atoms with Crippen molar-refractivity contribution in [3.05, 3.63) is 211 Å². The fourth-order valence-corrected chi connectivity index (χ4v) is 8.76. The number of para-hydroxylation sites is 4. The van der Waals surface area contributed by atoms with Crippen LogP contribution in [0, 0.1) is 31.2 Å². The molecular formula is C59H41FN4O2Pt-2. The van der Waals surface area contributed by atoms with Crippen molar-refractivity contribution in [2.75, 3.05) is 0 Å². The molecule has 67 heavy (non-hydrogen) atoms. The second-order valence-corrected chi connectivity index (χ2v) is 17.1. The summed E-state index contributed by atoms with van der Waals surface area (Å²) in [4.78, 5) is 4.82. The third-order valence-corrected chi connectivity index (χ3v) is 11.9. The largest absolute Gasteiger partial charge is 0.519 e. The maximum absolute atomic E-state index is 15.4. The van der Waals surface area contributed by atoms with Gasteiger partial charge in [0.25, 0.3) is 6.33 Å². The molecule has 0 radical (unpaired) electrons. The van der Waals surface area contributed by atoms with Gasteiger partial charge in [-0.15, -0.1) is 29.7 Å². The van der Waals surface area contributed by atoms with Crippen LogP contribution in [0.2, 0.25) is 0 Å². The molecule has 8 heteroatoms. The summed E-state index contributed by atoms with van der Waals surface area (Å²) >= 11 is 0. The molecule has 0 bridgehead atoms. The Labute approximate surface area is 415 Å². The summed E-state index contributed by atoms with van der Waals surface area (Å²) in [5.41, 5.74) is 4.50. The van der Waals surface area contributed by atoms with E-state index in [0.717, 1.165) is 27.4 Å². The number of rotatable bonds is 7. The van der Waals surface area contributed by atoms with Gasteiger partial charge in [-0.05, 0) is 81.1 Å². The molecule has 6 nitrogen and oxygen atoms in total. The molecule has 12 rings (SSSR count). The van der Waals surface area contributed by atoms with Gasteiger partial charge in [-0.2, -0.15) is 6.07 Å². The molecular weight excluding hydrogens is 1010 g/mol. The van der Waals surface area contributed by atoms with Crippen LogP contribution in [0.15, 0.2) is 180 Å². The van der Waals surface area contributed by atoms with E-state index in [1.807, 2.05) is 42.6 Å². The number of halogens is 1. The normalized spacial score (nSPS) is 13.9. The van der Waals surface area contributed by atoms with Crippen molar-refractivity contribution in [2.45, 2.75) is 33.1 Å². The Hall–Kier alpha value is -7.60. The van der Waals surface area contributed by atoms with Gasteiger partial charge >= 0.3 is 0 Å². The minimum absolute atomic E-state index is 0. The van der Waals surface area contributed by atoms with E-state index in [9.17, 15) is 0 Å². The van der Waals surface area contributed by atoms with E-state index in [1.165, 1.54) is 12.1 Å². The molecule has 0 amide bonds. The van der Waals surface area contributed by atoms with Gasteiger partial charge in [0.15, 0.2) is 0 Å². The number of fused-ring (bicyclic) bond motifs is 7. The van der Waals surface area contributed by atoms with Gasteiger partial charge in [-0.1, -0.05) is 153 Å². The topological polar surface area (TPSA) is 49.0 Å². The van der Waals surface area contributed by atoms with E-state index < -0.39 is 66.2 Å². The third kappa shape index (κ3) is 7.13. The molecule has 4 heterocycles. The first-order valence-electron chi connectivity index (χ1n) is 26.2. The Morgan fingerprint density at radius 3 is 2.13 bits per heavy atom. The van der Waals surface area contributed by atoms with E-state index in [4.69, 9.17) is 27.8 Å². The number of aromatic nitrogens is 4. The standard InChI is InChI=1S/C59H41FN4O2.Pt/c1-37-30-47-48-32-42(65-41-26-27-46-45-20-11-12-23-50(45)64(53(46)33-41)56-31-40(28-29-61-56)59(2,3)4)34-54(58(48)66-55(47)35-49(37)60)62-36-63(52-25-14-13-24-51(52)62)57-43(38-16-7-5-8-17-38)21-15-22-44(57)39-18-9-6-10-19-39;/h5-32,35H,1-4H3;/q-2;/i5D,6D,7D,8D,9D,10D,16D,17D,18D,19D;. The van der Waals surface area contributed by atoms with Gasteiger partial charge in [0.1, 0.15) is 17.2 Å². The zero-order valence-electron chi connectivity index (χ0n) is 46.3. The van der Waals surface area contributed by atoms with Crippen LogP contribution < -0.4 is 9.30 Å². The van der Waals surface area contributed by atoms with Crippen molar-refractivity contribution in [1.82, 2.24) is 14.1 Å². The van der Waals surface area contributed by atoms with Crippen LogP contribution >= 0.6 is 0 Å². The molecule has 0 fully saturated rings. The van der Waals surface area contributed by atoms with Gasteiger partial charge in [-0.25, -0.2) is 9.37 Å². The summed E-state index contributed by atoms with van der Waals surface area (Å²) in [6, 6.07) is 33.7. The molecule has 0 N–H and O–H groups in total. The van der Waals surface area contributed by atoms with Gasteiger partial charge in [0.05, 0.1) is 30.4 Å². The number of furan rings is 1. The summed E-state index contributed by atoms with van der Waals surface area (Å²) in [5.74, 6) is 0.790. The van der Waals surface area contributed by atoms with Crippen LogP contribution in [0.4, 0.5) is 4.39 Å². The number of benzene rings is 8. The number of imidazole rings is 1. The summed E-state index contributed by atoms with van der Waals surface area (Å²) in [6.07, 6.45) is 5.23. The van der Waals surface area contributed by atoms with E-state index >= 15 is 4.39 Å². The minimum atomic E-state index is -0.608. The Balaban J connectivity index is 0.00000631. The van der Waals surface area contributed by atoms with Crippen molar-refractivity contribution >= 4 is 54.8 Å². The summed E-state index contributed by atoms with van der Waals surface area (Å²) < 4.78 is 122. The Morgan fingerprint density at radius 1 is 0.701 bits per heavy atom. The van der Waals surface area contributed by atoms with Gasteiger partial charge in [0, 0.05) is 61.3 Å². The molecule has 0 saturated heterocycles. The quantitative estimate of drug-likeness (QED) is 0.118. The van der Waals surface area contributed by atoms with Gasteiger partial charge in [0.2, 0.25) is 0 Å². The molecule has 328 valence electrons. The number of nitrogens with zero attached hydrogens (tertiary/aromatic N) is 4. The first-order valence-corrected chi connectivity index (χ1v) is 21.2. The zero-order chi connectivity index (χ0) is 53.4. The van der Waals surface area contributed by atoms with E-state index in [-0.39, 0.29) is 77.0 Å². The number of pyridine rings is 1. The number of hydrogen-bond donors (Lipinski definition) is 0. The summed E-state index contributed by atoms with van der Waals surface area (Å²) in [6.45, 7) is 8.11. The fourth-order valence-electron chi connectivity index (χ4n) is 8.76. The predicted octanol–water partition coefficient (Wildman–Crippen LogP) is 14.6. The second kappa shape index (κ2) is 16.4. The molecule has 0 unspecified atom stereocenters. The van der Waals surface area contributed by atoms with Crippen LogP contribution in [-0.4, -0.2) is 14.1 Å². The van der Waals surface area contributed by atoms with E-state index in [2.05, 4.69) is 55.9 Å². The Morgan fingerprint density at radius 2 is 1.40 bits per heavy atom. The van der Waals surface area contributed by atoms with E-state index in [0.29, 0.717) is 38.9 Å². The van der Waals surface area contributed by atoms with Crippen molar-refractivity contribution < 1.29 is 52.9 Å². The second-order valence-electron chi connectivity index (χ2n) is 17.1. The Bertz CT molecular complexity index is 4340. The van der Waals surface area contributed by atoms with Crippen LogP contribution in [0.5, 0.6) is 11.5 Å². The molecule has 12 aromatic rings. The van der Waals surface area contributed by atoms with E-state index in [1.54, 1.807) is 64.6 Å². The molecule has 0 aliphatic heterocycles. The summed E-state index contributed by atoms with van der Waals surface area (Å²) in [5, 5.41) is 3.04. The fraction of sp³-hybridized carbons (Fsp3) is 0.0847. The first kappa shape index (κ1) is 32.1. The molecule has 8 aromatic carbocycles. The number of aryl methyl sites for hydroxylation is 1. The monoisotopic (exact) mass is 1060 g/mol. The number of ether oxygens (including phenoxy) is 1. The molecule has 0 atom stereocenters. The minimum Gasteiger partial charge on any atom is -0.519 e. The Kier molecular flexibility index (Phi) is 7.85. The summed E-state index contributed by atoms with van der Waals surface area (Å²) in [7, 11) is 0. The number of hydrogen-bond acceptors (Lipinski definition) is 3. The predicted molar refractivity (Wildman–Crippen MR) is 262 cm³/mol. The smallest absolute Gasteiger partial charge is 0.268 e. The van der Waals surface area contributed by atoms with Crippen LogP contribution in [-0.2, 0) is 26.5 Å². The SMILES string of the molecule is [2H]c1c([2H])c([2H])c(-c2cccc(-c3c([2H])c([2H])c([2H])c([2H])c3[2H])c2-[n+]2[c-]n(-c3[c-]c(Oc4[c-]c5c(cc4)c4ccccc4n5-c4cc(C(C)(C)C)ccn4)cc4c3oc3cc(F)c(C)cc34)c3ccccc32)c([2H])c1[2H].[Pt]. The molecule has 0 spiro atoms. The van der Waals surface area contributed by atoms with Crippen LogP contribution in [0.3, 0.4) is 0 Å². The molecule has 0 aliphatic carbocycles. The van der Waals surface area contributed by atoms with Crippen molar-refractivity contribution in [3.8, 4) is 50.9 Å².